The Labute approximate surface area is 142 Å². The van der Waals surface area contributed by atoms with Gasteiger partial charge in [-0.05, 0) is 41.1 Å². The summed E-state index contributed by atoms with van der Waals surface area (Å²) in [7, 11) is 0. The Hall–Kier alpha value is -0.910. The van der Waals surface area contributed by atoms with Crippen molar-refractivity contribution >= 4 is 31.9 Å². The van der Waals surface area contributed by atoms with Crippen molar-refractivity contribution in [1.82, 2.24) is 10.3 Å². The van der Waals surface area contributed by atoms with E-state index in [9.17, 15) is 0 Å². The predicted molar refractivity (Wildman–Crippen MR) is 92.9 cm³/mol. The van der Waals surface area contributed by atoms with Gasteiger partial charge in [-0.2, -0.15) is 0 Å². The lowest BCUT2D eigenvalue weighted by molar-refractivity contribution is 0.465. The summed E-state index contributed by atoms with van der Waals surface area (Å²) < 4.78 is 7.98. The van der Waals surface area contributed by atoms with E-state index in [1.54, 1.807) is 0 Å². The fraction of sp³-hybridized carbons (Fsp3) is 0.312. The van der Waals surface area contributed by atoms with Crippen molar-refractivity contribution in [2.45, 2.75) is 33.4 Å². The largest absolute Gasteiger partial charge is 0.456 e. The zero-order chi connectivity index (χ0) is 15.4. The first-order chi connectivity index (χ1) is 9.95. The highest BCUT2D eigenvalue weighted by Gasteiger charge is 2.09. The summed E-state index contributed by atoms with van der Waals surface area (Å²) in [5, 5.41) is 3.39. The number of aromatic nitrogens is 1. The summed E-state index contributed by atoms with van der Waals surface area (Å²) in [6.45, 7) is 6.93. The van der Waals surface area contributed by atoms with Crippen LogP contribution in [0.25, 0.3) is 0 Å². The normalized spacial score (nSPS) is 11.0. The van der Waals surface area contributed by atoms with E-state index in [4.69, 9.17) is 4.74 Å². The molecule has 5 heteroatoms. The number of nitrogens with zero attached hydrogens (tertiary/aromatic N) is 1. The van der Waals surface area contributed by atoms with Gasteiger partial charge in [0.25, 0.3) is 0 Å². The number of hydrogen-bond donors (Lipinski definition) is 1. The van der Waals surface area contributed by atoms with Gasteiger partial charge in [0, 0.05) is 40.6 Å². The average molecular weight is 414 g/mol. The SMILES string of the molecule is Cc1cc(Oc2ccc(Br)cc2Br)c(CNC(C)C)cn1. The molecule has 0 spiro atoms. The molecule has 1 aromatic heterocycles. The summed E-state index contributed by atoms with van der Waals surface area (Å²) in [6.07, 6.45) is 1.87. The van der Waals surface area contributed by atoms with Gasteiger partial charge in [-0.1, -0.05) is 29.8 Å². The standard InChI is InChI=1S/C16H18Br2N2O/c1-10(2)19-8-12-9-20-11(3)6-16(12)21-15-5-4-13(17)7-14(15)18/h4-7,9-10,19H,8H2,1-3H3. The van der Waals surface area contributed by atoms with Crippen LogP contribution in [0.1, 0.15) is 25.1 Å². The molecule has 0 aliphatic heterocycles. The number of pyridine rings is 1. The van der Waals surface area contributed by atoms with Crippen LogP contribution in [-0.2, 0) is 6.54 Å². The molecule has 0 atom stereocenters. The van der Waals surface area contributed by atoms with Gasteiger partial charge in [0.2, 0.25) is 0 Å². The lowest BCUT2D eigenvalue weighted by Crippen LogP contribution is -2.22. The second kappa shape index (κ2) is 7.38. The highest BCUT2D eigenvalue weighted by atomic mass is 79.9. The van der Waals surface area contributed by atoms with E-state index < -0.39 is 0 Å². The molecule has 1 N–H and O–H groups in total. The van der Waals surface area contributed by atoms with Gasteiger partial charge in [-0.15, -0.1) is 0 Å². The number of rotatable bonds is 5. The summed E-state index contributed by atoms with van der Waals surface area (Å²) >= 11 is 6.97. The third-order valence-electron chi connectivity index (χ3n) is 2.90. The summed E-state index contributed by atoms with van der Waals surface area (Å²) in [5.74, 6) is 1.62. The number of benzene rings is 1. The number of ether oxygens (including phenoxy) is 1. The van der Waals surface area contributed by atoms with Gasteiger partial charge >= 0.3 is 0 Å². The lowest BCUT2D eigenvalue weighted by Gasteiger charge is -2.14. The Morgan fingerprint density at radius 1 is 1.19 bits per heavy atom. The van der Waals surface area contributed by atoms with Crippen molar-refractivity contribution in [2.24, 2.45) is 0 Å². The fourth-order valence-electron chi connectivity index (χ4n) is 1.78. The molecule has 0 saturated carbocycles. The third kappa shape index (κ3) is 4.80. The Morgan fingerprint density at radius 2 is 1.95 bits per heavy atom. The van der Waals surface area contributed by atoms with E-state index in [1.165, 1.54) is 0 Å². The maximum absolute atomic E-state index is 6.06. The monoisotopic (exact) mass is 412 g/mol. The number of nitrogens with one attached hydrogen (secondary N) is 1. The summed E-state index contributed by atoms with van der Waals surface area (Å²) in [4.78, 5) is 4.36. The number of halogens is 2. The smallest absolute Gasteiger partial charge is 0.141 e. The van der Waals surface area contributed by atoms with Gasteiger partial charge in [0.05, 0.1) is 4.47 Å². The van der Waals surface area contributed by atoms with Crippen molar-refractivity contribution in [3.8, 4) is 11.5 Å². The summed E-state index contributed by atoms with van der Waals surface area (Å²) in [6, 6.07) is 8.24. The third-order valence-corrected chi connectivity index (χ3v) is 4.01. The van der Waals surface area contributed by atoms with Crippen molar-refractivity contribution in [3.63, 3.8) is 0 Å². The van der Waals surface area contributed by atoms with Crippen LogP contribution in [0.3, 0.4) is 0 Å². The van der Waals surface area contributed by atoms with Crippen LogP contribution in [0.15, 0.2) is 39.4 Å². The molecule has 0 bridgehead atoms. The van der Waals surface area contributed by atoms with Gasteiger partial charge in [-0.25, -0.2) is 0 Å². The van der Waals surface area contributed by atoms with E-state index in [-0.39, 0.29) is 0 Å². The van der Waals surface area contributed by atoms with Crippen molar-refractivity contribution in [1.29, 1.82) is 0 Å². The molecular weight excluding hydrogens is 396 g/mol. The summed E-state index contributed by atoms with van der Waals surface area (Å²) in [5.41, 5.74) is 1.98. The fourth-order valence-corrected chi connectivity index (χ4v) is 2.91. The maximum Gasteiger partial charge on any atom is 0.141 e. The molecule has 21 heavy (non-hydrogen) atoms. The number of hydrogen-bond acceptors (Lipinski definition) is 3. The van der Waals surface area contributed by atoms with Gasteiger partial charge < -0.3 is 10.1 Å². The minimum Gasteiger partial charge on any atom is -0.456 e. The van der Waals surface area contributed by atoms with Crippen LogP contribution in [0, 0.1) is 6.92 Å². The first kappa shape index (κ1) is 16.5. The predicted octanol–water partition coefficient (Wildman–Crippen LogP) is 5.21. The van der Waals surface area contributed by atoms with Crippen LogP contribution in [0.2, 0.25) is 0 Å². The van der Waals surface area contributed by atoms with E-state index in [2.05, 4.69) is 56.0 Å². The maximum atomic E-state index is 6.06. The Kier molecular flexibility index (Phi) is 5.79. The molecule has 0 radical (unpaired) electrons. The highest BCUT2D eigenvalue weighted by molar-refractivity contribution is 9.11. The number of aryl methyl sites for hydroxylation is 1. The molecular formula is C16H18Br2N2O. The minimum atomic E-state index is 0.415. The van der Waals surface area contributed by atoms with Crippen molar-refractivity contribution in [2.75, 3.05) is 0 Å². The molecule has 2 rings (SSSR count). The lowest BCUT2D eigenvalue weighted by atomic mass is 10.2. The minimum absolute atomic E-state index is 0.415. The van der Waals surface area contributed by atoms with E-state index in [0.29, 0.717) is 6.04 Å². The van der Waals surface area contributed by atoms with E-state index in [0.717, 1.165) is 38.2 Å². The highest BCUT2D eigenvalue weighted by Crippen LogP contribution is 2.33. The van der Waals surface area contributed by atoms with Gasteiger partial charge in [0.15, 0.2) is 0 Å². The first-order valence-electron chi connectivity index (χ1n) is 6.77. The first-order valence-corrected chi connectivity index (χ1v) is 8.36. The molecule has 0 unspecified atom stereocenters. The van der Waals surface area contributed by atoms with Crippen LogP contribution in [0.5, 0.6) is 11.5 Å². The van der Waals surface area contributed by atoms with Crippen LogP contribution >= 0.6 is 31.9 Å². The van der Waals surface area contributed by atoms with E-state index in [1.807, 2.05) is 37.4 Å². The van der Waals surface area contributed by atoms with Crippen molar-refractivity contribution < 1.29 is 4.74 Å². The van der Waals surface area contributed by atoms with Gasteiger partial charge in [-0.3, -0.25) is 4.98 Å². The average Bonchev–Trinajstić information content (AvgIpc) is 2.41. The second-order valence-corrected chi connectivity index (χ2v) is 6.92. The molecule has 0 aliphatic rings. The molecule has 0 saturated heterocycles. The zero-order valence-corrected chi connectivity index (χ0v) is 15.5. The molecule has 0 fully saturated rings. The Morgan fingerprint density at radius 3 is 2.62 bits per heavy atom. The molecule has 1 aromatic carbocycles. The van der Waals surface area contributed by atoms with Crippen LogP contribution < -0.4 is 10.1 Å². The molecule has 0 aliphatic carbocycles. The topological polar surface area (TPSA) is 34.1 Å². The van der Waals surface area contributed by atoms with Crippen LogP contribution in [-0.4, -0.2) is 11.0 Å². The Bertz CT molecular complexity index is 630. The molecule has 3 nitrogen and oxygen atoms in total. The molecule has 2 aromatic rings. The molecule has 1 heterocycles. The van der Waals surface area contributed by atoms with E-state index >= 15 is 0 Å². The molecule has 0 amide bonds. The van der Waals surface area contributed by atoms with Crippen LogP contribution in [0.4, 0.5) is 0 Å². The second-order valence-electron chi connectivity index (χ2n) is 5.15. The Balaban J connectivity index is 2.27. The van der Waals surface area contributed by atoms with Crippen molar-refractivity contribution in [3.05, 3.63) is 50.7 Å². The zero-order valence-electron chi connectivity index (χ0n) is 12.3. The molecule has 112 valence electrons. The van der Waals surface area contributed by atoms with Gasteiger partial charge in [0.1, 0.15) is 11.5 Å². The quantitative estimate of drug-likeness (QED) is 0.730.